The van der Waals surface area contributed by atoms with Crippen LogP contribution in [0.3, 0.4) is 0 Å². The lowest BCUT2D eigenvalue weighted by Gasteiger charge is -2.18. The molecule has 0 radical (unpaired) electrons. The van der Waals surface area contributed by atoms with Crippen LogP contribution in [0.5, 0.6) is 5.75 Å². The number of benzene rings is 1. The van der Waals surface area contributed by atoms with Gasteiger partial charge in [0, 0.05) is 26.0 Å². The molecule has 1 atom stereocenters. The van der Waals surface area contributed by atoms with Crippen molar-refractivity contribution in [3.8, 4) is 18.1 Å². The van der Waals surface area contributed by atoms with Gasteiger partial charge in [-0.3, -0.25) is 14.4 Å². The molecule has 4 N–H and O–H groups in total. The number of ether oxygens (including phenoxy) is 9. The first-order valence-electron chi connectivity index (χ1n) is 17.0. The van der Waals surface area contributed by atoms with Crippen molar-refractivity contribution in [3.05, 3.63) is 29.8 Å². The Bertz CT molecular complexity index is 1040. The molecule has 0 aliphatic rings. The Balaban J connectivity index is 2.30. The van der Waals surface area contributed by atoms with E-state index < -0.39 is 12.0 Å². The second-order valence-electron chi connectivity index (χ2n) is 10.6. The average Bonchev–Trinajstić information content (AvgIpc) is 3.11. The summed E-state index contributed by atoms with van der Waals surface area (Å²) in [5.41, 5.74) is 6.21. The first kappa shape index (κ1) is 44.9. The molecule has 0 aliphatic carbocycles. The predicted molar refractivity (Wildman–Crippen MR) is 183 cm³/mol. The van der Waals surface area contributed by atoms with Crippen molar-refractivity contribution in [3.63, 3.8) is 0 Å². The molecule has 0 unspecified atom stereocenters. The van der Waals surface area contributed by atoms with Crippen LogP contribution in [0.1, 0.15) is 31.2 Å². The van der Waals surface area contributed by atoms with Crippen LogP contribution in [0.25, 0.3) is 0 Å². The number of terminal acetylenes is 1. The molecule has 1 amide bonds. The molecule has 0 bridgehead atoms. The predicted octanol–water partition coefficient (Wildman–Crippen LogP) is 1.03. The Morgan fingerprint density at radius 1 is 0.660 bits per heavy atom. The van der Waals surface area contributed by atoms with Crippen molar-refractivity contribution in [1.82, 2.24) is 5.32 Å². The molecule has 0 heterocycles. The Kier molecular flexibility index (Phi) is 29.6. The number of amides is 1. The number of nitrogens with one attached hydrogen (secondary N) is 1. The van der Waals surface area contributed by atoms with Crippen molar-refractivity contribution < 1.29 is 62.1 Å². The highest BCUT2D eigenvalue weighted by Crippen LogP contribution is 2.14. The number of carbonyl (C=O) groups excluding carboxylic acids is 2. The normalized spacial score (nSPS) is 11.6. The number of ketones is 1. The first-order valence-corrected chi connectivity index (χ1v) is 17.0. The lowest BCUT2D eigenvalue weighted by Crippen LogP contribution is -2.42. The van der Waals surface area contributed by atoms with Gasteiger partial charge in [0.25, 0.3) is 0 Å². The van der Waals surface area contributed by atoms with Crippen LogP contribution in [0.2, 0.25) is 0 Å². The molecule has 1 rings (SSSR count). The van der Waals surface area contributed by atoms with Crippen molar-refractivity contribution in [2.75, 3.05) is 119 Å². The largest absolute Gasteiger partial charge is 0.481 e. The quantitative estimate of drug-likeness (QED) is 0.0660. The zero-order valence-electron chi connectivity index (χ0n) is 29.2. The van der Waals surface area contributed by atoms with E-state index in [9.17, 15) is 14.4 Å². The fraction of sp³-hybridized carbons (Fsp3) is 0.686. The number of carbonyl (C=O) groups is 3. The summed E-state index contributed by atoms with van der Waals surface area (Å²) in [6, 6.07) is 6.52. The monoisotopic (exact) mass is 712 g/mol. The van der Waals surface area contributed by atoms with Crippen molar-refractivity contribution >= 4 is 17.7 Å². The highest BCUT2D eigenvalue weighted by atomic mass is 16.6. The van der Waals surface area contributed by atoms with Gasteiger partial charge < -0.3 is 58.8 Å². The van der Waals surface area contributed by atoms with E-state index in [4.69, 9.17) is 59.9 Å². The number of hydrogen-bond acceptors (Lipinski definition) is 13. The Morgan fingerprint density at radius 2 is 1.12 bits per heavy atom. The van der Waals surface area contributed by atoms with Crippen LogP contribution in [-0.4, -0.2) is 148 Å². The minimum atomic E-state index is -0.900. The van der Waals surface area contributed by atoms with E-state index in [-0.39, 0.29) is 50.8 Å². The Hall–Kier alpha value is -3.17. The maximum Gasteiger partial charge on any atom is 0.305 e. The number of hydrogen-bond donors (Lipinski definition) is 3. The molecular formula is C35H56N2O13. The second-order valence-corrected chi connectivity index (χ2v) is 10.6. The lowest BCUT2D eigenvalue weighted by atomic mass is 9.99. The van der Waals surface area contributed by atoms with E-state index in [1.165, 1.54) is 0 Å². The summed E-state index contributed by atoms with van der Waals surface area (Å²) in [4.78, 5) is 36.3. The summed E-state index contributed by atoms with van der Waals surface area (Å²) in [5.74, 6) is 1.75. The number of Topliss-reactive ketones (excluding diaryl/α,β-unsaturated/α-hetero) is 1. The van der Waals surface area contributed by atoms with Crippen LogP contribution in [-0.2, 0) is 58.7 Å². The van der Waals surface area contributed by atoms with Gasteiger partial charge >= 0.3 is 5.97 Å². The number of carboxylic acids is 1. The standard InChI is InChI=1S/C35H56N2O13/c1-2-12-50-31-7-5-30(6-8-31)29-32(37-34(39)9-14-43-18-22-47-27-28-49-24-20-45-16-11-36)33(38)4-3-13-42-17-21-46-25-26-48-23-19-44-15-10-35(40)41/h1,5-8,32H,3-4,9-29,36H2,(H,37,39)(H,40,41)/t32-/m0/s1. The highest BCUT2D eigenvalue weighted by Gasteiger charge is 2.21. The molecule has 1 aromatic rings. The summed E-state index contributed by atoms with van der Waals surface area (Å²) in [7, 11) is 0. The SMILES string of the molecule is C#CCOc1ccc(C[C@H](NC(=O)CCOCCOCCOCCOCCN)C(=O)CCCOCCOCCOCCOCCC(=O)O)cc1. The molecule has 15 nitrogen and oxygen atoms in total. The maximum absolute atomic E-state index is 13.2. The zero-order valence-corrected chi connectivity index (χ0v) is 29.2. The molecule has 0 fully saturated rings. The topological polar surface area (TPSA) is 193 Å². The fourth-order valence-electron chi connectivity index (χ4n) is 4.05. The average molecular weight is 713 g/mol. The third-order valence-corrected chi connectivity index (χ3v) is 6.55. The Labute approximate surface area is 295 Å². The van der Waals surface area contributed by atoms with Crippen LogP contribution in [0.15, 0.2) is 24.3 Å². The first-order chi connectivity index (χ1) is 24.5. The summed E-state index contributed by atoms with van der Waals surface area (Å²) in [6.45, 7) is 6.59. The summed E-state index contributed by atoms with van der Waals surface area (Å²) in [6.07, 6.45) is 6.36. The van der Waals surface area contributed by atoms with Crippen molar-refractivity contribution in [2.24, 2.45) is 5.73 Å². The fourth-order valence-corrected chi connectivity index (χ4v) is 4.05. The van der Waals surface area contributed by atoms with Crippen LogP contribution < -0.4 is 15.8 Å². The van der Waals surface area contributed by atoms with Crippen LogP contribution in [0, 0.1) is 12.3 Å². The summed E-state index contributed by atoms with van der Waals surface area (Å²) >= 11 is 0. The van der Waals surface area contributed by atoms with Gasteiger partial charge in [-0.1, -0.05) is 18.1 Å². The minimum Gasteiger partial charge on any atom is -0.481 e. The molecule has 0 saturated heterocycles. The van der Waals surface area contributed by atoms with Crippen LogP contribution in [0.4, 0.5) is 0 Å². The van der Waals surface area contributed by atoms with Crippen LogP contribution >= 0.6 is 0 Å². The molecule has 50 heavy (non-hydrogen) atoms. The van der Waals surface area contributed by atoms with Crippen molar-refractivity contribution in [2.45, 2.75) is 38.1 Å². The van der Waals surface area contributed by atoms with E-state index in [1.807, 2.05) is 12.1 Å². The van der Waals surface area contributed by atoms with E-state index in [0.717, 1.165) is 5.56 Å². The molecule has 0 aromatic heterocycles. The van der Waals surface area contributed by atoms with Gasteiger partial charge in [-0.05, 0) is 30.5 Å². The van der Waals surface area contributed by atoms with Gasteiger partial charge in [-0.2, -0.15) is 0 Å². The third-order valence-electron chi connectivity index (χ3n) is 6.55. The number of nitrogens with two attached hydrogens (primary N) is 1. The van der Waals surface area contributed by atoms with E-state index in [0.29, 0.717) is 118 Å². The zero-order chi connectivity index (χ0) is 36.3. The maximum atomic E-state index is 13.2. The van der Waals surface area contributed by atoms with Gasteiger partial charge in [-0.25, -0.2) is 0 Å². The molecule has 0 saturated carbocycles. The Morgan fingerprint density at radius 3 is 1.60 bits per heavy atom. The lowest BCUT2D eigenvalue weighted by molar-refractivity contribution is -0.138. The van der Waals surface area contributed by atoms with E-state index in [2.05, 4.69) is 11.2 Å². The van der Waals surface area contributed by atoms with Crippen molar-refractivity contribution in [1.29, 1.82) is 0 Å². The molecule has 0 aliphatic heterocycles. The summed E-state index contributed by atoms with van der Waals surface area (Å²) < 4.78 is 48.5. The summed E-state index contributed by atoms with van der Waals surface area (Å²) in [5, 5.41) is 11.4. The van der Waals surface area contributed by atoms with Gasteiger partial charge in [0.2, 0.25) is 5.91 Å². The molecular weight excluding hydrogens is 656 g/mol. The third kappa shape index (κ3) is 27.6. The van der Waals surface area contributed by atoms with Gasteiger partial charge in [0.15, 0.2) is 5.78 Å². The van der Waals surface area contributed by atoms with Gasteiger partial charge in [-0.15, -0.1) is 6.42 Å². The molecule has 284 valence electrons. The van der Waals surface area contributed by atoms with E-state index >= 15 is 0 Å². The highest BCUT2D eigenvalue weighted by molar-refractivity contribution is 5.89. The smallest absolute Gasteiger partial charge is 0.305 e. The number of aliphatic carboxylic acids is 1. The number of rotatable bonds is 36. The molecule has 1 aromatic carbocycles. The second kappa shape index (κ2) is 33.0. The van der Waals surface area contributed by atoms with Gasteiger partial charge in [0.1, 0.15) is 12.4 Å². The molecule has 0 spiro atoms. The van der Waals surface area contributed by atoms with Gasteiger partial charge in [0.05, 0.1) is 112 Å². The van der Waals surface area contributed by atoms with E-state index in [1.54, 1.807) is 12.1 Å². The number of carboxylic acid groups (broad SMARTS) is 1. The molecule has 15 heteroatoms. The minimum absolute atomic E-state index is 0.0343.